The molecule has 0 saturated heterocycles. The van der Waals surface area contributed by atoms with Crippen LogP contribution in [0.2, 0.25) is 0 Å². The van der Waals surface area contributed by atoms with Crippen LogP contribution in [0.15, 0.2) is 29.2 Å². The second-order valence-electron chi connectivity index (χ2n) is 2.90. The molecule has 1 nitrogen and oxygen atoms in total. The lowest BCUT2D eigenvalue weighted by atomic mass is 10.1. The molecule has 1 aromatic carbocycles. The van der Waals surface area contributed by atoms with E-state index in [1.54, 1.807) is 11.8 Å². The van der Waals surface area contributed by atoms with Crippen molar-refractivity contribution in [3.05, 3.63) is 29.8 Å². The predicted molar refractivity (Wildman–Crippen MR) is 57.5 cm³/mol. The first-order valence-corrected chi connectivity index (χ1v) is 5.67. The first-order chi connectivity index (χ1) is 6.27. The molecule has 0 N–H and O–H groups in total. The number of carbonyl (C=O) groups is 1. The molecular formula is C11H14OS. The number of hydrogen-bond acceptors (Lipinski definition) is 2. The van der Waals surface area contributed by atoms with Crippen LogP contribution in [-0.2, 0) is 0 Å². The van der Waals surface area contributed by atoms with Gasteiger partial charge in [0.15, 0.2) is 5.78 Å². The fraction of sp³-hybridized carbons (Fsp3) is 0.364. The highest BCUT2D eigenvalue weighted by Crippen LogP contribution is 2.15. The van der Waals surface area contributed by atoms with E-state index in [0.29, 0.717) is 6.42 Å². The Labute approximate surface area is 83.5 Å². The second-order valence-corrected chi connectivity index (χ2v) is 3.78. The highest BCUT2D eigenvalue weighted by molar-refractivity contribution is 7.98. The molecule has 0 bridgehead atoms. The third-order valence-electron chi connectivity index (χ3n) is 1.89. The van der Waals surface area contributed by atoms with Crippen LogP contribution in [0.3, 0.4) is 0 Å². The quantitative estimate of drug-likeness (QED) is 0.540. The van der Waals surface area contributed by atoms with Gasteiger partial charge in [-0.25, -0.2) is 0 Å². The fourth-order valence-corrected chi connectivity index (χ4v) is 1.56. The lowest BCUT2D eigenvalue weighted by Crippen LogP contribution is -1.97. The summed E-state index contributed by atoms with van der Waals surface area (Å²) in [5, 5.41) is 0. The minimum atomic E-state index is 0.246. The van der Waals surface area contributed by atoms with Crippen LogP contribution in [0.25, 0.3) is 0 Å². The Hall–Kier alpha value is -0.760. The van der Waals surface area contributed by atoms with Gasteiger partial charge in [0.1, 0.15) is 0 Å². The summed E-state index contributed by atoms with van der Waals surface area (Å²) in [5.41, 5.74) is 0.833. The second kappa shape index (κ2) is 5.07. The van der Waals surface area contributed by atoms with Crippen LogP contribution < -0.4 is 0 Å². The van der Waals surface area contributed by atoms with E-state index >= 15 is 0 Å². The Bertz CT molecular complexity index is 277. The molecule has 0 radical (unpaired) electrons. The van der Waals surface area contributed by atoms with Gasteiger partial charge in [-0.15, -0.1) is 11.8 Å². The molecule has 0 aliphatic heterocycles. The Kier molecular flexibility index (Phi) is 4.03. The lowest BCUT2D eigenvalue weighted by Gasteiger charge is -2.00. The van der Waals surface area contributed by atoms with Gasteiger partial charge in [0.05, 0.1) is 0 Å². The lowest BCUT2D eigenvalue weighted by molar-refractivity contribution is 0.0981. The number of thioether (sulfide) groups is 1. The molecule has 0 aromatic heterocycles. The molecule has 0 aliphatic carbocycles. The largest absolute Gasteiger partial charge is 0.294 e. The molecule has 1 rings (SSSR count). The van der Waals surface area contributed by atoms with Gasteiger partial charge in [0.2, 0.25) is 0 Å². The zero-order chi connectivity index (χ0) is 9.68. The number of rotatable bonds is 4. The Balaban J connectivity index is 2.74. The number of carbonyl (C=O) groups excluding carboxylic acids is 1. The maximum absolute atomic E-state index is 11.4. The molecule has 2 heteroatoms. The summed E-state index contributed by atoms with van der Waals surface area (Å²) in [6, 6.07) is 7.80. The van der Waals surface area contributed by atoms with Crippen molar-refractivity contribution in [2.45, 2.75) is 24.7 Å². The van der Waals surface area contributed by atoms with Gasteiger partial charge in [0, 0.05) is 16.9 Å². The van der Waals surface area contributed by atoms with Crippen molar-refractivity contribution in [3.8, 4) is 0 Å². The van der Waals surface area contributed by atoms with E-state index in [-0.39, 0.29) is 5.78 Å². The Morgan fingerprint density at radius 3 is 2.38 bits per heavy atom. The minimum absolute atomic E-state index is 0.246. The van der Waals surface area contributed by atoms with E-state index in [1.165, 1.54) is 4.90 Å². The molecule has 0 aliphatic rings. The van der Waals surface area contributed by atoms with Crippen molar-refractivity contribution in [1.82, 2.24) is 0 Å². The number of hydrogen-bond donors (Lipinski definition) is 0. The van der Waals surface area contributed by atoms with Crippen molar-refractivity contribution in [2.75, 3.05) is 6.26 Å². The van der Waals surface area contributed by atoms with Gasteiger partial charge in [-0.05, 0) is 24.8 Å². The molecule has 1 aromatic rings. The first kappa shape index (κ1) is 10.3. The topological polar surface area (TPSA) is 17.1 Å². The Morgan fingerprint density at radius 2 is 1.92 bits per heavy atom. The van der Waals surface area contributed by atoms with Gasteiger partial charge in [-0.3, -0.25) is 4.79 Å². The summed E-state index contributed by atoms with van der Waals surface area (Å²) in [5.74, 6) is 0.246. The molecule has 0 unspecified atom stereocenters. The molecule has 0 spiro atoms. The van der Waals surface area contributed by atoms with Crippen molar-refractivity contribution in [2.24, 2.45) is 0 Å². The summed E-state index contributed by atoms with van der Waals surface area (Å²) in [6.07, 6.45) is 3.60. The molecule has 0 fully saturated rings. The van der Waals surface area contributed by atoms with Crippen LogP contribution in [0.1, 0.15) is 30.1 Å². The Morgan fingerprint density at radius 1 is 1.31 bits per heavy atom. The van der Waals surface area contributed by atoms with Crippen molar-refractivity contribution >= 4 is 17.5 Å². The summed E-state index contributed by atoms with van der Waals surface area (Å²) < 4.78 is 0. The van der Waals surface area contributed by atoms with Crippen molar-refractivity contribution in [1.29, 1.82) is 0 Å². The monoisotopic (exact) mass is 194 g/mol. The van der Waals surface area contributed by atoms with Crippen molar-refractivity contribution < 1.29 is 4.79 Å². The highest BCUT2D eigenvalue weighted by atomic mass is 32.2. The van der Waals surface area contributed by atoms with E-state index in [9.17, 15) is 4.79 Å². The molecule has 0 saturated carbocycles. The van der Waals surface area contributed by atoms with E-state index < -0.39 is 0 Å². The average Bonchev–Trinajstić information content (AvgIpc) is 2.18. The third kappa shape index (κ3) is 2.88. The first-order valence-electron chi connectivity index (χ1n) is 4.45. The minimum Gasteiger partial charge on any atom is -0.294 e. The maximum atomic E-state index is 11.4. The van der Waals surface area contributed by atoms with Gasteiger partial charge in [-0.2, -0.15) is 0 Å². The molecule has 0 atom stereocenters. The standard InChI is InChI=1S/C11H14OS/c1-3-4-11(12)9-5-7-10(13-2)8-6-9/h5-8H,3-4H2,1-2H3. The van der Waals surface area contributed by atoms with Gasteiger partial charge < -0.3 is 0 Å². The van der Waals surface area contributed by atoms with E-state index in [0.717, 1.165) is 12.0 Å². The fourth-order valence-electron chi connectivity index (χ4n) is 1.15. The van der Waals surface area contributed by atoms with E-state index in [4.69, 9.17) is 0 Å². The highest BCUT2D eigenvalue weighted by Gasteiger charge is 2.03. The van der Waals surface area contributed by atoms with Crippen LogP contribution in [-0.4, -0.2) is 12.0 Å². The zero-order valence-corrected chi connectivity index (χ0v) is 8.86. The van der Waals surface area contributed by atoms with Crippen molar-refractivity contribution in [3.63, 3.8) is 0 Å². The summed E-state index contributed by atoms with van der Waals surface area (Å²) in [7, 11) is 0. The summed E-state index contributed by atoms with van der Waals surface area (Å²) >= 11 is 1.69. The van der Waals surface area contributed by atoms with Crippen LogP contribution in [0.4, 0.5) is 0 Å². The van der Waals surface area contributed by atoms with E-state index in [1.807, 2.05) is 37.4 Å². The number of ketones is 1. The SMILES string of the molecule is CCCC(=O)c1ccc(SC)cc1. The number of benzene rings is 1. The number of Topliss-reactive ketones (excluding diaryl/α,β-unsaturated/α-hetero) is 1. The maximum Gasteiger partial charge on any atom is 0.162 e. The van der Waals surface area contributed by atoms with Crippen LogP contribution in [0.5, 0.6) is 0 Å². The van der Waals surface area contributed by atoms with Gasteiger partial charge >= 0.3 is 0 Å². The van der Waals surface area contributed by atoms with Gasteiger partial charge in [0.25, 0.3) is 0 Å². The molecular weight excluding hydrogens is 180 g/mol. The van der Waals surface area contributed by atoms with Gasteiger partial charge in [-0.1, -0.05) is 19.1 Å². The molecule has 0 heterocycles. The molecule has 0 amide bonds. The summed E-state index contributed by atoms with van der Waals surface area (Å²) in [6.45, 7) is 2.02. The van der Waals surface area contributed by atoms with Crippen LogP contribution in [0, 0.1) is 0 Å². The third-order valence-corrected chi connectivity index (χ3v) is 2.63. The smallest absolute Gasteiger partial charge is 0.162 e. The molecule has 70 valence electrons. The zero-order valence-electron chi connectivity index (χ0n) is 8.04. The summed E-state index contributed by atoms with van der Waals surface area (Å²) in [4.78, 5) is 12.6. The molecule has 13 heavy (non-hydrogen) atoms. The van der Waals surface area contributed by atoms with Crippen LogP contribution >= 0.6 is 11.8 Å². The average molecular weight is 194 g/mol. The predicted octanol–water partition coefficient (Wildman–Crippen LogP) is 3.39. The van der Waals surface area contributed by atoms with E-state index in [2.05, 4.69) is 0 Å². The normalized spacial score (nSPS) is 10.0.